The number of rotatable bonds is 3. The minimum Gasteiger partial charge on any atom is -0.462 e. The molecule has 1 aromatic heterocycles. The first-order chi connectivity index (χ1) is 11.9. The first kappa shape index (κ1) is 17.5. The van der Waals surface area contributed by atoms with Gasteiger partial charge in [0.15, 0.2) is 0 Å². The van der Waals surface area contributed by atoms with E-state index in [1.807, 2.05) is 0 Å². The Morgan fingerprint density at radius 3 is 2.56 bits per heavy atom. The molecule has 0 aliphatic heterocycles. The Kier molecular flexibility index (Phi) is 4.79. The van der Waals surface area contributed by atoms with Crippen molar-refractivity contribution in [2.75, 3.05) is 12.3 Å². The van der Waals surface area contributed by atoms with E-state index in [1.165, 1.54) is 18.3 Å². The van der Waals surface area contributed by atoms with Crippen molar-refractivity contribution in [1.29, 1.82) is 0 Å². The Labute approximate surface area is 153 Å². The molecule has 0 atom stereocenters. The zero-order valence-electron chi connectivity index (χ0n) is 13.1. The molecule has 0 spiro atoms. The van der Waals surface area contributed by atoms with Crippen molar-refractivity contribution >= 4 is 45.8 Å². The van der Waals surface area contributed by atoms with Crippen molar-refractivity contribution in [2.45, 2.75) is 6.92 Å². The zero-order valence-corrected chi connectivity index (χ0v) is 14.7. The van der Waals surface area contributed by atoms with Crippen molar-refractivity contribution < 1.29 is 13.9 Å². The molecule has 0 saturated heterocycles. The number of ether oxygens (including phenoxy) is 1. The van der Waals surface area contributed by atoms with Crippen molar-refractivity contribution in [3.8, 4) is 11.1 Å². The van der Waals surface area contributed by atoms with Crippen molar-refractivity contribution in [2.24, 2.45) is 0 Å². The monoisotopic (exact) mass is 378 g/mol. The maximum atomic E-state index is 14.5. The predicted molar refractivity (Wildman–Crippen MR) is 97.5 cm³/mol. The lowest BCUT2D eigenvalue weighted by Gasteiger charge is -2.12. The third-order valence-corrected chi connectivity index (χ3v) is 4.11. The molecular weight excluding hydrogens is 366 g/mol. The number of carbonyl (C=O) groups is 1. The highest BCUT2D eigenvalue weighted by Crippen LogP contribution is 2.36. The Bertz CT molecular complexity index is 972. The molecule has 0 bridgehead atoms. The lowest BCUT2D eigenvalue weighted by atomic mass is 9.99. The number of anilines is 1. The predicted octanol–water partition coefficient (Wildman–Crippen LogP) is 5.11. The van der Waals surface area contributed by atoms with E-state index in [4.69, 9.17) is 33.7 Å². The van der Waals surface area contributed by atoms with Gasteiger partial charge < -0.3 is 10.5 Å². The number of pyridine rings is 1. The van der Waals surface area contributed by atoms with Crippen LogP contribution in [0.3, 0.4) is 0 Å². The summed E-state index contributed by atoms with van der Waals surface area (Å²) in [5.41, 5.74) is 7.40. The van der Waals surface area contributed by atoms with Gasteiger partial charge in [-0.05, 0) is 42.8 Å². The molecule has 3 aromatic rings. The molecule has 0 unspecified atom stereocenters. The molecular formula is C18H13Cl2FN2O2. The van der Waals surface area contributed by atoms with Crippen molar-refractivity contribution in [3.05, 3.63) is 58.0 Å². The van der Waals surface area contributed by atoms with E-state index in [9.17, 15) is 9.18 Å². The lowest BCUT2D eigenvalue weighted by molar-refractivity contribution is 0.0527. The van der Waals surface area contributed by atoms with Crippen LogP contribution in [0.2, 0.25) is 10.0 Å². The summed E-state index contributed by atoms with van der Waals surface area (Å²) < 4.78 is 19.5. The second-order valence-electron chi connectivity index (χ2n) is 5.28. The van der Waals surface area contributed by atoms with Gasteiger partial charge in [0.05, 0.1) is 17.8 Å². The molecule has 0 amide bonds. The number of fused-ring (bicyclic) bond motifs is 1. The number of aromatic nitrogens is 1. The van der Waals surface area contributed by atoms with Crippen LogP contribution in [-0.2, 0) is 4.74 Å². The molecule has 2 N–H and O–H groups in total. The second kappa shape index (κ2) is 6.86. The zero-order chi connectivity index (χ0) is 18.1. The van der Waals surface area contributed by atoms with E-state index in [1.54, 1.807) is 25.1 Å². The van der Waals surface area contributed by atoms with E-state index in [0.29, 0.717) is 26.5 Å². The molecule has 0 aliphatic rings. The maximum Gasteiger partial charge on any atom is 0.341 e. The van der Waals surface area contributed by atoms with Gasteiger partial charge in [-0.2, -0.15) is 0 Å². The Morgan fingerprint density at radius 1 is 1.24 bits per heavy atom. The van der Waals surface area contributed by atoms with Gasteiger partial charge >= 0.3 is 5.97 Å². The fourth-order valence-electron chi connectivity index (χ4n) is 2.61. The highest BCUT2D eigenvalue weighted by atomic mass is 35.5. The van der Waals surface area contributed by atoms with Gasteiger partial charge in [-0.15, -0.1) is 0 Å². The fourth-order valence-corrected chi connectivity index (χ4v) is 3.13. The van der Waals surface area contributed by atoms with Crippen molar-refractivity contribution in [3.63, 3.8) is 0 Å². The van der Waals surface area contributed by atoms with Gasteiger partial charge in [0.2, 0.25) is 0 Å². The van der Waals surface area contributed by atoms with Crippen LogP contribution in [-0.4, -0.2) is 17.6 Å². The summed E-state index contributed by atoms with van der Waals surface area (Å²) in [4.78, 5) is 16.2. The molecule has 25 heavy (non-hydrogen) atoms. The van der Waals surface area contributed by atoms with E-state index in [0.717, 1.165) is 0 Å². The average molecular weight is 379 g/mol. The number of nitrogens with zero attached hydrogens (tertiary/aromatic N) is 1. The van der Waals surface area contributed by atoms with Crippen molar-refractivity contribution in [1.82, 2.24) is 4.98 Å². The Hall–Kier alpha value is -2.37. The van der Waals surface area contributed by atoms with Crippen LogP contribution in [0.25, 0.3) is 22.0 Å². The Morgan fingerprint density at radius 2 is 1.92 bits per heavy atom. The minimum absolute atomic E-state index is 0.135. The first-order valence-corrected chi connectivity index (χ1v) is 8.18. The number of benzene rings is 2. The number of carbonyl (C=O) groups excluding carboxylic acids is 1. The molecule has 7 heteroatoms. The van der Waals surface area contributed by atoms with Gasteiger partial charge in [-0.25, -0.2) is 9.18 Å². The number of halogens is 3. The molecule has 128 valence electrons. The minimum atomic E-state index is -0.578. The van der Waals surface area contributed by atoms with Gasteiger partial charge in [0, 0.05) is 27.2 Å². The summed E-state index contributed by atoms with van der Waals surface area (Å²) in [5, 5.41) is 1.18. The lowest BCUT2D eigenvalue weighted by Crippen LogP contribution is -2.09. The third-order valence-electron chi connectivity index (χ3n) is 3.68. The van der Waals surface area contributed by atoms with Gasteiger partial charge in [0.1, 0.15) is 11.4 Å². The summed E-state index contributed by atoms with van der Waals surface area (Å²) in [6.45, 7) is 1.91. The van der Waals surface area contributed by atoms with Crippen LogP contribution in [0.1, 0.15) is 17.3 Å². The standard InChI is InChI=1S/C18H13Cl2FN2O2/c1-2-25-18(24)13-8-23-17-12(16(13)22)3-4-14(21)15(17)9-5-10(19)7-11(20)6-9/h3-8H,2H2,1H3,(H2,22,23). The molecule has 3 rings (SSSR count). The summed E-state index contributed by atoms with van der Waals surface area (Å²) in [7, 11) is 0. The van der Waals surface area contributed by atoms with Crippen LogP contribution in [0.4, 0.5) is 10.1 Å². The van der Waals surface area contributed by atoms with Gasteiger partial charge in [0.25, 0.3) is 0 Å². The number of nitrogens with two attached hydrogens (primary N) is 1. The maximum absolute atomic E-state index is 14.5. The number of hydrogen-bond acceptors (Lipinski definition) is 4. The van der Waals surface area contributed by atoms with Crippen LogP contribution < -0.4 is 5.73 Å². The molecule has 0 aliphatic carbocycles. The van der Waals surface area contributed by atoms with E-state index in [2.05, 4.69) is 4.98 Å². The summed E-state index contributed by atoms with van der Waals surface area (Å²) in [5.74, 6) is -1.08. The topological polar surface area (TPSA) is 65.2 Å². The second-order valence-corrected chi connectivity index (χ2v) is 6.16. The number of nitrogen functional groups attached to an aromatic ring is 1. The van der Waals surface area contributed by atoms with Crippen LogP contribution in [0, 0.1) is 5.82 Å². The average Bonchev–Trinajstić information content (AvgIpc) is 2.54. The Balaban J connectivity index is 2.28. The smallest absolute Gasteiger partial charge is 0.341 e. The molecule has 1 heterocycles. The van der Waals surface area contributed by atoms with Crippen LogP contribution in [0.5, 0.6) is 0 Å². The number of esters is 1. The quantitative estimate of drug-likeness (QED) is 0.643. The van der Waals surface area contributed by atoms with Gasteiger partial charge in [-0.3, -0.25) is 4.98 Å². The van der Waals surface area contributed by atoms with Crippen LogP contribution in [0.15, 0.2) is 36.5 Å². The van der Waals surface area contributed by atoms with Crippen LogP contribution >= 0.6 is 23.2 Å². The molecule has 0 saturated carbocycles. The molecule has 0 radical (unpaired) electrons. The highest BCUT2D eigenvalue weighted by Gasteiger charge is 2.19. The van der Waals surface area contributed by atoms with Gasteiger partial charge in [-0.1, -0.05) is 23.2 Å². The van der Waals surface area contributed by atoms with E-state index in [-0.39, 0.29) is 23.4 Å². The van der Waals surface area contributed by atoms with E-state index >= 15 is 0 Å². The largest absolute Gasteiger partial charge is 0.462 e. The molecule has 4 nitrogen and oxygen atoms in total. The normalized spacial score (nSPS) is 10.9. The molecule has 2 aromatic carbocycles. The summed E-state index contributed by atoms with van der Waals surface area (Å²) >= 11 is 12.0. The number of hydrogen-bond donors (Lipinski definition) is 1. The first-order valence-electron chi connectivity index (χ1n) is 7.42. The third kappa shape index (κ3) is 3.25. The fraction of sp³-hybridized carbons (Fsp3) is 0.111. The summed E-state index contributed by atoms with van der Waals surface area (Å²) in [6.07, 6.45) is 1.28. The molecule has 0 fully saturated rings. The SMILES string of the molecule is CCOC(=O)c1cnc2c(-c3cc(Cl)cc(Cl)c3)c(F)ccc2c1N. The summed E-state index contributed by atoms with van der Waals surface area (Å²) in [6, 6.07) is 7.46. The van der Waals surface area contributed by atoms with E-state index < -0.39 is 11.8 Å². The highest BCUT2D eigenvalue weighted by molar-refractivity contribution is 6.35.